The highest BCUT2D eigenvalue weighted by Gasteiger charge is 2.18. The van der Waals surface area contributed by atoms with Gasteiger partial charge in [-0.25, -0.2) is 8.78 Å². The molecule has 76 valence electrons. The van der Waals surface area contributed by atoms with E-state index in [0.29, 0.717) is 5.69 Å². The van der Waals surface area contributed by atoms with E-state index in [2.05, 4.69) is 4.98 Å². The van der Waals surface area contributed by atoms with Gasteiger partial charge in [-0.15, -0.1) is 0 Å². The van der Waals surface area contributed by atoms with E-state index in [0.717, 1.165) is 0 Å². The number of pyridine rings is 1. The van der Waals surface area contributed by atoms with Crippen LogP contribution >= 0.6 is 0 Å². The van der Waals surface area contributed by atoms with Gasteiger partial charge in [-0.3, -0.25) is 4.98 Å². The molecular formula is C10H7F2N3. The predicted molar refractivity (Wildman–Crippen MR) is 48.0 cm³/mol. The van der Waals surface area contributed by atoms with Gasteiger partial charge in [-0.05, 0) is 13.0 Å². The van der Waals surface area contributed by atoms with Crippen LogP contribution in [0.1, 0.15) is 28.9 Å². The summed E-state index contributed by atoms with van der Waals surface area (Å²) in [7, 11) is 0. The summed E-state index contributed by atoms with van der Waals surface area (Å²) in [6.45, 7) is 1.41. The van der Waals surface area contributed by atoms with Gasteiger partial charge in [0.25, 0.3) is 6.43 Å². The van der Waals surface area contributed by atoms with E-state index in [-0.39, 0.29) is 23.2 Å². The van der Waals surface area contributed by atoms with Gasteiger partial charge in [0.1, 0.15) is 0 Å². The second-order valence-electron chi connectivity index (χ2n) is 2.91. The quantitative estimate of drug-likeness (QED) is 0.747. The molecule has 0 bridgehead atoms. The van der Waals surface area contributed by atoms with Crippen molar-refractivity contribution in [1.82, 2.24) is 4.98 Å². The Balaban J connectivity index is 3.34. The Bertz CT molecular complexity index is 455. The van der Waals surface area contributed by atoms with Crippen molar-refractivity contribution in [1.29, 1.82) is 10.5 Å². The minimum absolute atomic E-state index is 0.0129. The molecule has 0 aliphatic heterocycles. The molecule has 0 saturated carbocycles. The fourth-order valence-electron chi connectivity index (χ4n) is 1.29. The molecule has 1 rings (SSSR count). The van der Waals surface area contributed by atoms with Crippen LogP contribution in [0.15, 0.2) is 6.07 Å². The summed E-state index contributed by atoms with van der Waals surface area (Å²) in [5, 5.41) is 17.1. The molecule has 0 aliphatic carbocycles. The van der Waals surface area contributed by atoms with Crippen LogP contribution in [0, 0.1) is 29.6 Å². The van der Waals surface area contributed by atoms with Gasteiger partial charge in [0.15, 0.2) is 0 Å². The molecule has 0 N–H and O–H groups in total. The van der Waals surface area contributed by atoms with Crippen molar-refractivity contribution in [3.63, 3.8) is 0 Å². The van der Waals surface area contributed by atoms with Gasteiger partial charge in [0.2, 0.25) is 0 Å². The van der Waals surface area contributed by atoms with E-state index in [1.165, 1.54) is 13.0 Å². The van der Waals surface area contributed by atoms with Crippen molar-refractivity contribution in [2.45, 2.75) is 19.8 Å². The van der Waals surface area contributed by atoms with E-state index in [9.17, 15) is 8.78 Å². The maximum Gasteiger partial charge on any atom is 0.266 e. The maximum atomic E-state index is 12.5. The zero-order chi connectivity index (χ0) is 11.4. The molecule has 0 radical (unpaired) electrons. The molecule has 0 saturated heterocycles. The van der Waals surface area contributed by atoms with Crippen LogP contribution in [0.4, 0.5) is 8.78 Å². The van der Waals surface area contributed by atoms with Gasteiger partial charge in [0, 0.05) is 5.69 Å². The SMILES string of the molecule is Cc1nc(CC#N)cc(C#N)c1C(F)F. The third kappa shape index (κ3) is 2.26. The Morgan fingerprint density at radius 1 is 1.47 bits per heavy atom. The molecule has 1 heterocycles. The summed E-state index contributed by atoms with van der Waals surface area (Å²) >= 11 is 0. The third-order valence-electron chi connectivity index (χ3n) is 1.90. The standard InChI is InChI=1S/C10H7F2N3/c1-6-9(10(11)12)7(5-14)4-8(15-6)2-3-13/h4,10H,2H2,1H3. The van der Waals surface area contributed by atoms with E-state index < -0.39 is 6.43 Å². The average molecular weight is 207 g/mol. The summed E-state index contributed by atoms with van der Waals surface area (Å²) in [6.07, 6.45) is -2.71. The van der Waals surface area contributed by atoms with Crippen LogP contribution in [-0.2, 0) is 6.42 Å². The number of hydrogen-bond donors (Lipinski definition) is 0. The molecule has 0 spiro atoms. The largest absolute Gasteiger partial charge is 0.266 e. The number of alkyl halides is 2. The topological polar surface area (TPSA) is 60.5 Å². The molecule has 3 nitrogen and oxygen atoms in total. The number of nitrogens with zero attached hydrogens (tertiary/aromatic N) is 3. The zero-order valence-corrected chi connectivity index (χ0v) is 7.96. The fraction of sp³-hybridized carbons (Fsp3) is 0.300. The van der Waals surface area contributed by atoms with Crippen LogP contribution in [0.2, 0.25) is 0 Å². The number of aryl methyl sites for hydroxylation is 1. The summed E-state index contributed by atoms with van der Waals surface area (Å²) in [5.74, 6) is 0. The highest BCUT2D eigenvalue weighted by molar-refractivity contribution is 5.42. The van der Waals surface area contributed by atoms with Crippen molar-refractivity contribution in [3.8, 4) is 12.1 Å². The Hall–Kier alpha value is -2.01. The van der Waals surface area contributed by atoms with E-state index in [1.54, 1.807) is 6.07 Å². The Labute approximate surface area is 85.6 Å². The Morgan fingerprint density at radius 2 is 2.13 bits per heavy atom. The molecular weight excluding hydrogens is 200 g/mol. The highest BCUT2D eigenvalue weighted by Crippen LogP contribution is 2.25. The molecule has 0 atom stereocenters. The van der Waals surface area contributed by atoms with E-state index in [4.69, 9.17) is 10.5 Å². The number of aromatic nitrogens is 1. The smallest absolute Gasteiger partial charge is 0.256 e. The normalized spacial score (nSPS) is 9.73. The second-order valence-corrected chi connectivity index (χ2v) is 2.91. The van der Waals surface area contributed by atoms with Gasteiger partial charge >= 0.3 is 0 Å². The first kappa shape index (κ1) is 11.1. The van der Waals surface area contributed by atoms with Crippen molar-refractivity contribution >= 4 is 0 Å². The summed E-state index contributed by atoms with van der Waals surface area (Å²) in [6, 6.07) is 4.77. The lowest BCUT2D eigenvalue weighted by Gasteiger charge is -2.07. The lowest BCUT2D eigenvalue weighted by atomic mass is 10.1. The Morgan fingerprint density at radius 3 is 2.60 bits per heavy atom. The third-order valence-corrected chi connectivity index (χ3v) is 1.90. The van der Waals surface area contributed by atoms with Crippen LogP contribution in [-0.4, -0.2) is 4.98 Å². The minimum atomic E-state index is -2.72. The first-order chi connectivity index (χ1) is 7.10. The zero-order valence-electron chi connectivity index (χ0n) is 7.96. The molecule has 1 aromatic rings. The number of nitriles is 2. The molecule has 1 aromatic heterocycles. The van der Waals surface area contributed by atoms with Crippen molar-refractivity contribution < 1.29 is 8.78 Å². The maximum absolute atomic E-state index is 12.5. The molecule has 5 heteroatoms. The molecule has 0 aliphatic rings. The van der Waals surface area contributed by atoms with Crippen LogP contribution < -0.4 is 0 Å². The number of halogens is 2. The van der Waals surface area contributed by atoms with E-state index in [1.807, 2.05) is 6.07 Å². The monoisotopic (exact) mass is 207 g/mol. The molecule has 0 fully saturated rings. The lowest BCUT2D eigenvalue weighted by Crippen LogP contribution is -2.01. The van der Waals surface area contributed by atoms with Crippen LogP contribution in [0.3, 0.4) is 0 Å². The molecule has 0 aromatic carbocycles. The minimum Gasteiger partial charge on any atom is -0.256 e. The highest BCUT2D eigenvalue weighted by atomic mass is 19.3. The summed E-state index contributed by atoms with van der Waals surface area (Å²) in [5.41, 5.74) is -0.00723. The summed E-state index contributed by atoms with van der Waals surface area (Å²) in [4.78, 5) is 3.84. The first-order valence-electron chi connectivity index (χ1n) is 4.15. The van der Waals surface area contributed by atoms with Gasteiger partial charge in [0.05, 0.1) is 35.4 Å². The Kier molecular flexibility index (Phi) is 3.30. The number of rotatable bonds is 2. The lowest BCUT2D eigenvalue weighted by molar-refractivity contribution is 0.149. The first-order valence-corrected chi connectivity index (χ1v) is 4.15. The summed E-state index contributed by atoms with van der Waals surface area (Å²) < 4.78 is 25.1. The predicted octanol–water partition coefficient (Wildman–Crippen LogP) is 2.27. The van der Waals surface area contributed by atoms with Crippen molar-refractivity contribution in [2.24, 2.45) is 0 Å². The van der Waals surface area contributed by atoms with Gasteiger partial charge < -0.3 is 0 Å². The molecule has 15 heavy (non-hydrogen) atoms. The van der Waals surface area contributed by atoms with Crippen LogP contribution in [0.5, 0.6) is 0 Å². The fourth-order valence-corrected chi connectivity index (χ4v) is 1.29. The van der Waals surface area contributed by atoms with E-state index >= 15 is 0 Å². The van der Waals surface area contributed by atoms with Gasteiger partial charge in [-0.1, -0.05) is 0 Å². The molecule has 0 amide bonds. The second kappa shape index (κ2) is 4.47. The number of hydrogen-bond acceptors (Lipinski definition) is 3. The molecule has 0 unspecified atom stereocenters. The van der Waals surface area contributed by atoms with Crippen molar-refractivity contribution in [2.75, 3.05) is 0 Å². The average Bonchev–Trinajstić information content (AvgIpc) is 2.16. The van der Waals surface area contributed by atoms with Gasteiger partial charge in [-0.2, -0.15) is 10.5 Å². The van der Waals surface area contributed by atoms with Crippen molar-refractivity contribution in [3.05, 3.63) is 28.6 Å². The van der Waals surface area contributed by atoms with Crippen LogP contribution in [0.25, 0.3) is 0 Å².